The molecular formula is C23H36O5S. The monoisotopic (exact) mass is 424 g/mol. The van der Waals surface area contributed by atoms with Gasteiger partial charge in [0.05, 0.1) is 24.2 Å². The van der Waals surface area contributed by atoms with Crippen molar-refractivity contribution >= 4 is 15.6 Å². The van der Waals surface area contributed by atoms with Crippen LogP contribution in [0.3, 0.4) is 0 Å². The van der Waals surface area contributed by atoms with Crippen molar-refractivity contribution in [2.45, 2.75) is 71.5 Å². The number of hydrogen-bond acceptors (Lipinski definition) is 5. The third kappa shape index (κ3) is 6.73. The molecule has 0 aromatic heterocycles. The first-order chi connectivity index (χ1) is 13.8. The van der Waals surface area contributed by atoms with Crippen LogP contribution in [0.2, 0.25) is 0 Å². The lowest BCUT2D eigenvalue weighted by Gasteiger charge is -2.28. The lowest BCUT2D eigenvalue weighted by atomic mass is 9.79. The van der Waals surface area contributed by atoms with Gasteiger partial charge in [-0.3, -0.25) is 4.79 Å². The van der Waals surface area contributed by atoms with Crippen LogP contribution in [0, 0.1) is 11.8 Å². The third-order valence-corrected chi connectivity index (χ3v) is 8.44. The molecule has 164 valence electrons. The van der Waals surface area contributed by atoms with Crippen molar-refractivity contribution in [3.05, 3.63) is 23.8 Å². The van der Waals surface area contributed by atoms with E-state index < -0.39 is 9.84 Å². The molecule has 0 spiro atoms. The van der Waals surface area contributed by atoms with Crippen LogP contribution in [0.5, 0.6) is 11.5 Å². The molecule has 1 aromatic carbocycles. The van der Waals surface area contributed by atoms with Gasteiger partial charge in [0, 0.05) is 12.3 Å². The van der Waals surface area contributed by atoms with Gasteiger partial charge in [-0.25, -0.2) is 8.42 Å². The van der Waals surface area contributed by atoms with Gasteiger partial charge in [0.1, 0.15) is 5.78 Å². The summed E-state index contributed by atoms with van der Waals surface area (Å²) in [5.74, 6) is 2.10. The molecule has 1 atom stereocenters. The highest BCUT2D eigenvalue weighted by Crippen LogP contribution is 2.33. The van der Waals surface area contributed by atoms with E-state index in [0.29, 0.717) is 37.6 Å². The van der Waals surface area contributed by atoms with Gasteiger partial charge in [-0.05, 0) is 76.5 Å². The van der Waals surface area contributed by atoms with Gasteiger partial charge in [0.15, 0.2) is 21.3 Å². The van der Waals surface area contributed by atoms with Gasteiger partial charge in [-0.15, -0.1) is 0 Å². The lowest BCUT2D eigenvalue weighted by molar-refractivity contribution is -0.123. The van der Waals surface area contributed by atoms with Crippen LogP contribution in [-0.2, 0) is 21.1 Å². The van der Waals surface area contributed by atoms with Crippen molar-refractivity contribution in [1.29, 1.82) is 0 Å². The second kappa shape index (κ2) is 11.0. The second-order valence-electron chi connectivity index (χ2n) is 8.06. The van der Waals surface area contributed by atoms with E-state index in [0.717, 1.165) is 31.2 Å². The molecule has 1 aliphatic rings. The summed E-state index contributed by atoms with van der Waals surface area (Å²) < 4.78 is 35.9. The zero-order chi connectivity index (χ0) is 21.4. The van der Waals surface area contributed by atoms with Crippen LogP contribution in [0.15, 0.2) is 18.2 Å². The topological polar surface area (TPSA) is 69.7 Å². The summed E-state index contributed by atoms with van der Waals surface area (Å²) in [6.45, 7) is 8.66. The Morgan fingerprint density at radius 3 is 2.24 bits per heavy atom. The molecule has 0 radical (unpaired) electrons. The fraction of sp³-hybridized carbons (Fsp3) is 0.696. The van der Waals surface area contributed by atoms with Crippen LogP contribution in [-0.4, -0.2) is 38.4 Å². The first-order valence-electron chi connectivity index (χ1n) is 10.9. The molecule has 0 N–H and O–H groups in total. The number of carbonyl (C=O) groups is 1. The minimum atomic E-state index is -3.03. The fourth-order valence-corrected chi connectivity index (χ4v) is 5.78. The molecule has 0 bridgehead atoms. The zero-order valence-electron chi connectivity index (χ0n) is 18.3. The zero-order valence-corrected chi connectivity index (χ0v) is 19.1. The molecule has 6 heteroatoms. The first-order valence-corrected chi connectivity index (χ1v) is 12.6. The number of Topliss-reactive ketones (excluding diaryl/α,β-unsaturated/α-hetero) is 1. The van der Waals surface area contributed by atoms with Crippen molar-refractivity contribution in [2.75, 3.05) is 19.0 Å². The summed E-state index contributed by atoms with van der Waals surface area (Å²) in [6, 6.07) is 5.69. The van der Waals surface area contributed by atoms with E-state index in [2.05, 4.69) is 0 Å². The summed E-state index contributed by atoms with van der Waals surface area (Å²) in [5.41, 5.74) is 0.934. The highest BCUT2D eigenvalue weighted by molar-refractivity contribution is 7.92. The average Bonchev–Trinajstić information content (AvgIpc) is 2.69. The Balaban J connectivity index is 1.92. The van der Waals surface area contributed by atoms with E-state index in [4.69, 9.17) is 9.47 Å². The van der Waals surface area contributed by atoms with Crippen molar-refractivity contribution in [3.8, 4) is 11.5 Å². The van der Waals surface area contributed by atoms with Crippen LogP contribution in [0.1, 0.15) is 65.4 Å². The maximum Gasteiger partial charge on any atom is 0.161 e. The molecule has 1 fully saturated rings. The average molecular weight is 425 g/mol. The number of carbonyl (C=O) groups excluding carboxylic acids is 1. The number of sulfone groups is 1. The van der Waals surface area contributed by atoms with E-state index in [1.807, 2.05) is 39.0 Å². The quantitative estimate of drug-likeness (QED) is 0.519. The normalized spacial score (nSPS) is 20.8. The van der Waals surface area contributed by atoms with Gasteiger partial charge in [-0.1, -0.05) is 13.0 Å². The number of benzene rings is 1. The molecule has 29 heavy (non-hydrogen) atoms. The van der Waals surface area contributed by atoms with Crippen molar-refractivity contribution in [3.63, 3.8) is 0 Å². The van der Waals surface area contributed by atoms with Gasteiger partial charge in [-0.2, -0.15) is 0 Å². The summed E-state index contributed by atoms with van der Waals surface area (Å²) in [6.07, 6.45) is 4.25. The standard InChI is InChI=1S/C23H36O5S/c1-5-17(4)29(25,26)16-18-8-11-20(12-9-18)21(24)14-19-10-13-22(27-6-2)23(15-19)28-7-3/h10,13,15,17-18,20H,5-9,11-12,14,16H2,1-4H3. The predicted molar refractivity (Wildman–Crippen MR) is 116 cm³/mol. The minimum Gasteiger partial charge on any atom is -0.490 e. The highest BCUT2D eigenvalue weighted by Gasteiger charge is 2.30. The fourth-order valence-electron chi connectivity index (χ4n) is 3.95. The molecule has 0 aliphatic heterocycles. The maximum absolute atomic E-state index is 12.8. The van der Waals surface area contributed by atoms with Crippen LogP contribution >= 0.6 is 0 Å². The minimum absolute atomic E-state index is 0.0275. The molecule has 0 saturated heterocycles. The molecule has 0 amide bonds. The number of ether oxygens (including phenoxy) is 2. The molecular weight excluding hydrogens is 388 g/mol. The SMILES string of the molecule is CCOc1ccc(CC(=O)C2CCC(CS(=O)(=O)C(C)CC)CC2)cc1OCC. The summed E-state index contributed by atoms with van der Waals surface area (Å²) in [4.78, 5) is 12.8. The van der Waals surface area contributed by atoms with E-state index in [1.54, 1.807) is 6.92 Å². The maximum atomic E-state index is 12.8. The van der Waals surface area contributed by atoms with Gasteiger partial charge >= 0.3 is 0 Å². The Morgan fingerprint density at radius 2 is 1.66 bits per heavy atom. The smallest absolute Gasteiger partial charge is 0.161 e. The Bertz CT molecular complexity index is 763. The molecule has 1 aliphatic carbocycles. The van der Waals surface area contributed by atoms with E-state index >= 15 is 0 Å². The Labute approximate surface area is 176 Å². The van der Waals surface area contributed by atoms with Gasteiger partial charge in [0.25, 0.3) is 0 Å². The lowest BCUT2D eigenvalue weighted by Crippen LogP contribution is -2.30. The number of hydrogen-bond donors (Lipinski definition) is 0. The van der Waals surface area contributed by atoms with Gasteiger partial charge in [0.2, 0.25) is 0 Å². The van der Waals surface area contributed by atoms with Crippen molar-refractivity contribution in [2.24, 2.45) is 11.8 Å². The first kappa shape index (κ1) is 23.7. The summed E-state index contributed by atoms with van der Waals surface area (Å²) in [7, 11) is -3.03. The Morgan fingerprint density at radius 1 is 1.03 bits per heavy atom. The van der Waals surface area contributed by atoms with Crippen molar-refractivity contribution in [1.82, 2.24) is 0 Å². The predicted octanol–water partition coefficient (Wildman–Crippen LogP) is 4.62. The molecule has 2 rings (SSSR count). The highest BCUT2D eigenvalue weighted by atomic mass is 32.2. The van der Waals surface area contributed by atoms with E-state index in [1.165, 1.54) is 0 Å². The van der Waals surface area contributed by atoms with Crippen LogP contribution < -0.4 is 9.47 Å². The van der Waals surface area contributed by atoms with E-state index in [-0.39, 0.29) is 28.6 Å². The van der Waals surface area contributed by atoms with Gasteiger partial charge < -0.3 is 9.47 Å². The molecule has 1 saturated carbocycles. The second-order valence-corrected chi connectivity index (χ2v) is 10.5. The third-order valence-electron chi connectivity index (χ3n) is 5.94. The van der Waals surface area contributed by atoms with Crippen LogP contribution in [0.4, 0.5) is 0 Å². The van der Waals surface area contributed by atoms with E-state index in [9.17, 15) is 13.2 Å². The molecule has 0 heterocycles. The van der Waals surface area contributed by atoms with Crippen LogP contribution in [0.25, 0.3) is 0 Å². The Kier molecular flexibility index (Phi) is 9.00. The Hall–Kier alpha value is -1.56. The summed E-state index contributed by atoms with van der Waals surface area (Å²) in [5, 5.41) is -0.277. The molecule has 1 unspecified atom stereocenters. The van der Waals surface area contributed by atoms with Crippen molar-refractivity contribution < 1.29 is 22.7 Å². The number of ketones is 1. The number of rotatable bonds is 11. The largest absolute Gasteiger partial charge is 0.490 e. The molecule has 1 aromatic rings. The summed E-state index contributed by atoms with van der Waals surface area (Å²) >= 11 is 0. The molecule has 5 nitrogen and oxygen atoms in total.